The number of nitrogen functional groups attached to an aromatic ring is 1. The van der Waals surface area contributed by atoms with Crippen molar-refractivity contribution in [1.29, 1.82) is 0 Å². The number of rotatable bonds is 0. The topological polar surface area (TPSA) is 74.9 Å². The summed E-state index contributed by atoms with van der Waals surface area (Å²) in [6, 6.07) is 7.39. The van der Waals surface area contributed by atoms with E-state index in [0.717, 1.165) is 5.69 Å². The number of nitrogens with one attached hydrogen (secondary N) is 1. The van der Waals surface area contributed by atoms with Crippen LogP contribution in [0, 0.1) is 6.92 Å². The van der Waals surface area contributed by atoms with E-state index in [-0.39, 0.29) is 5.88 Å². The fraction of sp³-hybridized carbons (Fsp3) is 0.100. The molecule has 0 saturated carbocycles. The summed E-state index contributed by atoms with van der Waals surface area (Å²) in [4.78, 5) is 6.42. The van der Waals surface area contributed by atoms with E-state index in [9.17, 15) is 0 Å². The molecule has 0 atom stereocenters. The van der Waals surface area contributed by atoms with Crippen molar-refractivity contribution < 1.29 is 5.11 Å². The lowest BCUT2D eigenvalue weighted by Crippen LogP contribution is -1.78. The zero-order valence-electron chi connectivity index (χ0n) is 7.94. The number of aromatic amines is 1. The third-order valence-corrected chi connectivity index (χ3v) is 1.53. The van der Waals surface area contributed by atoms with Gasteiger partial charge in [-0.05, 0) is 25.1 Å². The first-order valence-corrected chi connectivity index (χ1v) is 4.19. The molecular weight excluding hydrogens is 178 g/mol. The number of anilines is 1. The zero-order valence-corrected chi connectivity index (χ0v) is 7.94. The Morgan fingerprint density at radius 1 is 1.29 bits per heavy atom. The number of nitrogens with zero attached hydrogens (tertiary/aromatic N) is 1. The number of hydrogen-bond donors (Lipinski definition) is 3. The first kappa shape index (κ1) is 10.1. The Morgan fingerprint density at radius 3 is 2.07 bits per heavy atom. The molecule has 0 aliphatic rings. The lowest BCUT2D eigenvalue weighted by molar-refractivity contribution is 0.459. The Morgan fingerprint density at radius 2 is 1.93 bits per heavy atom. The van der Waals surface area contributed by atoms with Crippen LogP contribution in [0.1, 0.15) is 5.69 Å². The van der Waals surface area contributed by atoms with Gasteiger partial charge >= 0.3 is 0 Å². The molecule has 0 radical (unpaired) electrons. The number of aromatic nitrogens is 2. The first-order chi connectivity index (χ1) is 6.70. The molecule has 14 heavy (non-hydrogen) atoms. The van der Waals surface area contributed by atoms with Crippen molar-refractivity contribution in [3.63, 3.8) is 0 Å². The zero-order chi connectivity index (χ0) is 10.4. The van der Waals surface area contributed by atoms with Crippen molar-refractivity contribution in [2.45, 2.75) is 6.92 Å². The smallest absolute Gasteiger partial charge is 0.212 e. The van der Waals surface area contributed by atoms with Gasteiger partial charge in [0.05, 0.1) is 5.69 Å². The third kappa shape index (κ3) is 3.18. The molecular formula is C10H13N3O. The van der Waals surface area contributed by atoms with Crippen LogP contribution in [-0.2, 0) is 0 Å². The van der Waals surface area contributed by atoms with Crippen molar-refractivity contribution in [2.24, 2.45) is 0 Å². The molecule has 0 spiro atoms. The van der Waals surface area contributed by atoms with Crippen LogP contribution in [0.4, 0.5) is 5.69 Å². The quantitative estimate of drug-likeness (QED) is 0.593. The van der Waals surface area contributed by atoms with E-state index in [1.807, 2.05) is 25.1 Å². The minimum atomic E-state index is 0.0579. The summed E-state index contributed by atoms with van der Waals surface area (Å²) < 4.78 is 0. The molecule has 0 aromatic carbocycles. The molecule has 2 heterocycles. The van der Waals surface area contributed by atoms with Crippen molar-refractivity contribution in [1.82, 2.24) is 9.97 Å². The van der Waals surface area contributed by atoms with Crippen LogP contribution >= 0.6 is 0 Å². The van der Waals surface area contributed by atoms with E-state index >= 15 is 0 Å². The predicted octanol–water partition coefficient (Wildman–Crippen LogP) is 1.69. The van der Waals surface area contributed by atoms with E-state index in [1.54, 1.807) is 18.5 Å². The maximum atomic E-state index is 8.76. The second kappa shape index (κ2) is 4.91. The van der Waals surface area contributed by atoms with Gasteiger partial charge in [0.25, 0.3) is 0 Å². The van der Waals surface area contributed by atoms with Crippen LogP contribution in [0.3, 0.4) is 0 Å². The molecule has 4 heteroatoms. The first-order valence-electron chi connectivity index (χ1n) is 4.19. The number of aryl methyl sites for hydroxylation is 1. The Kier molecular flexibility index (Phi) is 3.55. The van der Waals surface area contributed by atoms with Gasteiger partial charge in [-0.25, -0.2) is 0 Å². The summed E-state index contributed by atoms with van der Waals surface area (Å²) in [6.07, 6.45) is 3.50. The van der Waals surface area contributed by atoms with Crippen molar-refractivity contribution >= 4 is 5.69 Å². The average Bonchev–Trinajstić information content (AvgIpc) is 2.48. The maximum absolute atomic E-state index is 8.76. The van der Waals surface area contributed by atoms with E-state index < -0.39 is 0 Å². The van der Waals surface area contributed by atoms with Crippen molar-refractivity contribution in [2.75, 3.05) is 5.73 Å². The van der Waals surface area contributed by atoms with Gasteiger partial charge in [-0.15, -0.1) is 0 Å². The SMILES string of the molecule is Cc1cc(N)c(O)[nH]1.c1ccncc1. The lowest BCUT2D eigenvalue weighted by Gasteiger charge is -1.81. The highest BCUT2D eigenvalue weighted by Crippen LogP contribution is 2.17. The van der Waals surface area contributed by atoms with E-state index in [4.69, 9.17) is 10.8 Å². The summed E-state index contributed by atoms with van der Waals surface area (Å²) in [5.74, 6) is 0.0579. The van der Waals surface area contributed by atoms with Crippen LogP contribution in [0.5, 0.6) is 5.88 Å². The third-order valence-electron chi connectivity index (χ3n) is 1.53. The van der Waals surface area contributed by atoms with Crippen LogP contribution in [0.15, 0.2) is 36.7 Å². The van der Waals surface area contributed by atoms with Gasteiger partial charge in [0, 0.05) is 18.1 Å². The molecule has 74 valence electrons. The Bertz CT molecular complexity index is 324. The normalized spacial score (nSPS) is 8.93. The molecule has 4 N–H and O–H groups in total. The number of H-pyrrole nitrogens is 1. The summed E-state index contributed by atoms with van der Waals surface area (Å²) >= 11 is 0. The van der Waals surface area contributed by atoms with E-state index in [2.05, 4.69) is 9.97 Å². The van der Waals surface area contributed by atoms with Crippen LogP contribution in [-0.4, -0.2) is 15.1 Å². The predicted molar refractivity (Wildman–Crippen MR) is 55.8 cm³/mol. The molecule has 0 fully saturated rings. The van der Waals surface area contributed by atoms with Gasteiger partial charge in [-0.1, -0.05) is 6.07 Å². The van der Waals surface area contributed by atoms with Gasteiger partial charge in [-0.2, -0.15) is 0 Å². The number of pyridine rings is 1. The summed E-state index contributed by atoms with van der Waals surface area (Å²) in [7, 11) is 0. The van der Waals surface area contributed by atoms with Gasteiger partial charge < -0.3 is 15.8 Å². The molecule has 2 rings (SSSR count). The van der Waals surface area contributed by atoms with Gasteiger partial charge in [0.1, 0.15) is 0 Å². The molecule has 2 aromatic heterocycles. The molecule has 0 aliphatic carbocycles. The minimum absolute atomic E-state index is 0.0579. The lowest BCUT2D eigenvalue weighted by atomic mass is 10.4. The van der Waals surface area contributed by atoms with Crippen LogP contribution in [0.2, 0.25) is 0 Å². The molecule has 0 unspecified atom stereocenters. The fourth-order valence-corrected chi connectivity index (χ4v) is 0.909. The standard InChI is InChI=1S/C5H8N2O.C5H5N/c1-3-2-4(6)5(8)7-3;1-2-4-6-5-3-1/h2,7-8H,6H2,1H3;1-5H. The second-order valence-electron chi connectivity index (χ2n) is 2.78. The Balaban J connectivity index is 0.000000146. The molecule has 2 aromatic rings. The largest absolute Gasteiger partial charge is 0.493 e. The summed E-state index contributed by atoms with van der Waals surface area (Å²) in [5.41, 5.74) is 6.54. The molecule has 0 amide bonds. The minimum Gasteiger partial charge on any atom is -0.493 e. The fourth-order valence-electron chi connectivity index (χ4n) is 0.909. The van der Waals surface area contributed by atoms with Gasteiger partial charge in [-0.3, -0.25) is 4.98 Å². The summed E-state index contributed by atoms with van der Waals surface area (Å²) in [6.45, 7) is 1.83. The van der Waals surface area contributed by atoms with E-state index in [0.29, 0.717) is 5.69 Å². The summed E-state index contributed by atoms with van der Waals surface area (Å²) in [5, 5.41) is 8.76. The monoisotopic (exact) mass is 191 g/mol. The Labute approximate surface area is 82.4 Å². The highest BCUT2D eigenvalue weighted by atomic mass is 16.3. The highest BCUT2D eigenvalue weighted by Gasteiger charge is 1.96. The van der Waals surface area contributed by atoms with E-state index in [1.165, 1.54) is 0 Å². The van der Waals surface area contributed by atoms with Crippen LogP contribution in [0.25, 0.3) is 0 Å². The molecule has 4 nitrogen and oxygen atoms in total. The van der Waals surface area contributed by atoms with Gasteiger partial charge in [0.2, 0.25) is 5.88 Å². The molecule has 0 aliphatic heterocycles. The second-order valence-corrected chi connectivity index (χ2v) is 2.78. The average molecular weight is 191 g/mol. The van der Waals surface area contributed by atoms with Gasteiger partial charge in [0.15, 0.2) is 0 Å². The molecule has 0 saturated heterocycles. The maximum Gasteiger partial charge on any atom is 0.212 e. The van der Waals surface area contributed by atoms with Crippen molar-refractivity contribution in [3.8, 4) is 5.88 Å². The van der Waals surface area contributed by atoms with Crippen LogP contribution < -0.4 is 5.73 Å². The van der Waals surface area contributed by atoms with Crippen molar-refractivity contribution in [3.05, 3.63) is 42.4 Å². The highest BCUT2D eigenvalue weighted by molar-refractivity contribution is 5.49. The molecule has 0 bridgehead atoms. The number of nitrogens with two attached hydrogens (primary N) is 1. The number of aromatic hydroxyl groups is 1. The number of hydrogen-bond acceptors (Lipinski definition) is 3. The Hall–Kier alpha value is -1.97.